The molecule has 11 heavy (non-hydrogen) atoms. The summed E-state index contributed by atoms with van der Waals surface area (Å²) in [6.45, 7) is 0.547. The van der Waals surface area contributed by atoms with Crippen molar-refractivity contribution in [3.05, 3.63) is 0 Å². The second-order valence-corrected chi connectivity index (χ2v) is 3.33. The number of oxime groups is 1. The molecule has 1 aliphatic heterocycles. The third kappa shape index (κ3) is 1.13. The molecular weight excluding hydrogens is 142 g/mol. The second kappa shape index (κ2) is 2.81. The van der Waals surface area contributed by atoms with Gasteiger partial charge in [-0.3, -0.25) is 0 Å². The maximum Gasteiger partial charge on any atom is 0.0889 e. The monoisotopic (exact) mass is 155 g/mol. The molecule has 0 unspecified atom stereocenters. The summed E-state index contributed by atoms with van der Waals surface area (Å²) in [5.74, 6) is 0.425. The number of rotatable bonds is 0. The van der Waals surface area contributed by atoms with Gasteiger partial charge in [-0.2, -0.15) is 0 Å². The predicted molar refractivity (Wildman–Crippen MR) is 40.9 cm³/mol. The van der Waals surface area contributed by atoms with Crippen LogP contribution in [0, 0.1) is 5.92 Å². The van der Waals surface area contributed by atoms with Gasteiger partial charge in [0, 0.05) is 5.92 Å². The average Bonchev–Trinajstić information content (AvgIpc) is 2.47. The maximum atomic E-state index is 8.61. The summed E-state index contributed by atoms with van der Waals surface area (Å²) in [6.07, 6.45) is 5.16. The van der Waals surface area contributed by atoms with Crippen LogP contribution in [-0.2, 0) is 4.74 Å². The van der Waals surface area contributed by atoms with Gasteiger partial charge in [0.15, 0.2) is 0 Å². The standard InChI is InChI=1S/C8H13NO2/c10-9-7-5-11-8-4-2-1-3-6(7)8/h6,8,10H,1-5H2/b9-7-/t6-,8-/m1/s1. The van der Waals surface area contributed by atoms with Crippen molar-refractivity contribution in [3.63, 3.8) is 0 Å². The van der Waals surface area contributed by atoms with E-state index in [0.29, 0.717) is 18.6 Å². The van der Waals surface area contributed by atoms with E-state index in [4.69, 9.17) is 9.94 Å². The third-order valence-corrected chi connectivity index (χ3v) is 2.70. The van der Waals surface area contributed by atoms with E-state index in [0.717, 1.165) is 18.6 Å². The van der Waals surface area contributed by atoms with Crippen molar-refractivity contribution in [2.24, 2.45) is 11.1 Å². The van der Waals surface area contributed by atoms with Crippen LogP contribution in [0.3, 0.4) is 0 Å². The highest BCUT2D eigenvalue weighted by molar-refractivity contribution is 5.89. The summed E-state index contributed by atoms with van der Waals surface area (Å²) in [5, 5.41) is 11.9. The highest BCUT2D eigenvalue weighted by Crippen LogP contribution is 2.32. The number of hydrogen-bond donors (Lipinski definition) is 1. The van der Waals surface area contributed by atoms with Crippen LogP contribution in [0.1, 0.15) is 25.7 Å². The largest absolute Gasteiger partial charge is 0.411 e. The van der Waals surface area contributed by atoms with Gasteiger partial charge in [0.25, 0.3) is 0 Å². The normalized spacial score (nSPS) is 40.9. The Morgan fingerprint density at radius 1 is 1.36 bits per heavy atom. The lowest BCUT2D eigenvalue weighted by atomic mass is 9.85. The summed E-state index contributed by atoms with van der Waals surface area (Å²) in [7, 11) is 0. The molecule has 0 radical (unpaired) electrons. The molecule has 0 bridgehead atoms. The van der Waals surface area contributed by atoms with Crippen molar-refractivity contribution in [2.45, 2.75) is 31.8 Å². The molecule has 0 aromatic rings. The number of nitrogens with zero attached hydrogens (tertiary/aromatic N) is 1. The molecule has 3 nitrogen and oxygen atoms in total. The van der Waals surface area contributed by atoms with Gasteiger partial charge in [-0.1, -0.05) is 18.0 Å². The molecule has 0 spiro atoms. The van der Waals surface area contributed by atoms with E-state index in [1.807, 2.05) is 0 Å². The lowest BCUT2D eigenvalue weighted by Gasteiger charge is -2.22. The van der Waals surface area contributed by atoms with E-state index >= 15 is 0 Å². The SMILES string of the molecule is O/N=C1/CO[C@@H]2CCCC[C@H]12. The van der Waals surface area contributed by atoms with Crippen LogP contribution in [0.5, 0.6) is 0 Å². The Kier molecular flexibility index (Phi) is 1.82. The molecule has 62 valence electrons. The lowest BCUT2D eigenvalue weighted by molar-refractivity contribution is 0.0663. The fourth-order valence-corrected chi connectivity index (χ4v) is 2.08. The topological polar surface area (TPSA) is 41.8 Å². The minimum absolute atomic E-state index is 0.356. The summed E-state index contributed by atoms with van der Waals surface area (Å²) >= 11 is 0. The van der Waals surface area contributed by atoms with Gasteiger partial charge in [0.2, 0.25) is 0 Å². The summed E-state index contributed by atoms with van der Waals surface area (Å²) in [4.78, 5) is 0. The first-order valence-corrected chi connectivity index (χ1v) is 4.24. The third-order valence-electron chi connectivity index (χ3n) is 2.70. The van der Waals surface area contributed by atoms with Crippen molar-refractivity contribution in [3.8, 4) is 0 Å². The smallest absolute Gasteiger partial charge is 0.0889 e. The molecule has 1 N–H and O–H groups in total. The lowest BCUT2D eigenvalue weighted by Crippen LogP contribution is -2.24. The molecule has 2 fully saturated rings. The Morgan fingerprint density at radius 2 is 2.18 bits per heavy atom. The first kappa shape index (κ1) is 7.10. The van der Waals surface area contributed by atoms with E-state index in [9.17, 15) is 0 Å². The number of hydrogen-bond acceptors (Lipinski definition) is 3. The van der Waals surface area contributed by atoms with E-state index in [1.54, 1.807) is 0 Å². The van der Waals surface area contributed by atoms with E-state index in [2.05, 4.69) is 5.16 Å². The molecule has 1 saturated carbocycles. The van der Waals surface area contributed by atoms with E-state index < -0.39 is 0 Å². The molecule has 2 atom stereocenters. The van der Waals surface area contributed by atoms with Crippen LogP contribution in [0.2, 0.25) is 0 Å². The van der Waals surface area contributed by atoms with Crippen molar-refractivity contribution in [1.82, 2.24) is 0 Å². The summed E-state index contributed by atoms with van der Waals surface area (Å²) < 4.78 is 5.47. The zero-order valence-corrected chi connectivity index (χ0v) is 6.49. The fraction of sp³-hybridized carbons (Fsp3) is 0.875. The first-order valence-electron chi connectivity index (χ1n) is 4.24. The van der Waals surface area contributed by atoms with Crippen LogP contribution in [0.4, 0.5) is 0 Å². The Labute approximate surface area is 66.0 Å². The van der Waals surface area contributed by atoms with E-state index in [1.165, 1.54) is 12.8 Å². The molecule has 2 rings (SSSR count). The minimum Gasteiger partial charge on any atom is -0.411 e. The average molecular weight is 155 g/mol. The Morgan fingerprint density at radius 3 is 3.00 bits per heavy atom. The zero-order valence-electron chi connectivity index (χ0n) is 6.49. The molecule has 1 saturated heterocycles. The van der Waals surface area contributed by atoms with Gasteiger partial charge in [0.05, 0.1) is 18.4 Å². The van der Waals surface area contributed by atoms with Crippen molar-refractivity contribution in [1.29, 1.82) is 0 Å². The first-order chi connectivity index (χ1) is 5.42. The maximum absolute atomic E-state index is 8.61. The van der Waals surface area contributed by atoms with Gasteiger partial charge in [-0.25, -0.2) is 0 Å². The highest BCUT2D eigenvalue weighted by Gasteiger charge is 2.35. The van der Waals surface area contributed by atoms with Gasteiger partial charge < -0.3 is 9.94 Å². The molecule has 1 aliphatic carbocycles. The zero-order chi connectivity index (χ0) is 7.68. The second-order valence-electron chi connectivity index (χ2n) is 3.33. The predicted octanol–water partition coefficient (Wildman–Crippen LogP) is 1.41. The molecule has 0 aromatic carbocycles. The number of fused-ring (bicyclic) bond motifs is 1. The van der Waals surface area contributed by atoms with Crippen LogP contribution in [0.25, 0.3) is 0 Å². The van der Waals surface area contributed by atoms with Gasteiger partial charge in [-0.15, -0.1) is 0 Å². The Hall–Kier alpha value is -0.570. The van der Waals surface area contributed by atoms with Gasteiger partial charge in [-0.05, 0) is 12.8 Å². The van der Waals surface area contributed by atoms with Crippen LogP contribution >= 0.6 is 0 Å². The van der Waals surface area contributed by atoms with Gasteiger partial charge >= 0.3 is 0 Å². The van der Waals surface area contributed by atoms with Crippen molar-refractivity contribution < 1.29 is 9.94 Å². The molecule has 0 aromatic heterocycles. The molecular formula is C8H13NO2. The molecule has 1 heterocycles. The molecule has 2 aliphatic rings. The van der Waals surface area contributed by atoms with E-state index in [-0.39, 0.29) is 0 Å². The van der Waals surface area contributed by atoms with Crippen molar-refractivity contribution in [2.75, 3.05) is 6.61 Å². The van der Waals surface area contributed by atoms with Crippen molar-refractivity contribution >= 4 is 5.71 Å². The molecule has 0 amide bonds. The highest BCUT2D eigenvalue weighted by atomic mass is 16.5. The van der Waals surface area contributed by atoms with Gasteiger partial charge in [0.1, 0.15) is 0 Å². The van der Waals surface area contributed by atoms with Crippen LogP contribution in [0.15, 0.2) is 5.16 Å². The fourth-order valence-electron chi connectivity index (χ4n) is 2.08. The summed E-state index contributed by atoms with van der Waals surface area (Å²) in [6, 6.07) is 0. The Bertz CT molecular complexity index is 179. The number of ether oxygens (including phenoxy) is 1. The van der Waals surface area contributed by atoms with Crippen LogP contribution in [-0.4, -0.2) is 23.6 Å². The minimum atomic E-state index is 0.356. The van der Waals surface area contributed by atoms with Crippen LogP contribution < -0.4 is 0 Å². The molecule has 3 heteroatoms. The Balaban J connectivity index is 2.10. The summed E-state index contributed by atoms with van der Waals surface area (Å²) in [5.41, 5.74) is 0.856. The quantitative estimate of drug-likeness (QED) is 0.424.